The molecule has 5 rings (SSSR count). The van der Waals surface area contributed by atoms with E-state index in [2.05, 4.69) is 5.32 Å². The van der Waals surface area contributed by atoms with Crippen LogP contribution in [-0.4, -0.2) is 20.9 Å². The van der Waals surface area contributed by atoms with Crippen LogP contribution in [0.2, 0.25) is 0 Å². The van der Waals surface area contributed by atoms with Crippen LogP contribution in [0.1, 0.15) is 16.7 Å². The number of aryl methyl sites for hydroxylation is 1. The van der Waals surface area contributed by atoms with E-state index in [1.807, 2.05) is 48.2 Å². The van der Waals surface area contributed by atoms with Crippen molar-refractivity contribution in [1.29, 1.82) is 0 Å². The van der Waals surface area contributed by atoms with Gasteiger partial charge in [0.2, 0.25) is 9.84 Å². The molecule has 6 heteroatoms. The number of carbonyl (C=O) groups is 1. The number of hydrogen-bond donors (Lipinski definition) is 1. The highest BCUT2D eigenvalue weighted by atomic mass is 32.2. The van der Waals surface area contributed by atoms with Crippen LogP contribution in [0.15, 0.2) is 82.6 Å². The molecule has 1 amide bonds. The number of hydrogen-bond acceptors (Lipinski definition) is 4. The van der Waals surface area contributed by atoms with Crippen LogP contribution in [-0.2, 0) is 21.1 Å². The summed E-state index contributed by atoms with van der Waals surface area (Å²) in [6.07, 6.45) is 0.800. The van der Waals surface area contributed by atoms with Gasteiger partial charge in [-0.25, -0.2) is 8.42 Å². The summed E-state index contributed by atoms with van der Waals surface area (Å²) in [6.45, 7) is 2.58. The van der Waals surface area contributed by atoms with E-state index in [1.165, 1.54) is 0 Å². The van der Waals surface area contributed by atoms with Crippen molar-refractivity contribution in [1.82, 2.24) is 0 Å². The van der Waals surface area contributed by atoms with Crippen molar-refractivity contribution in [2.24, 2.45) is 0 Å². The summed E-state index contributed by atoms with van der Waals surface area (Å²) in [6, 6.07) is 22.0. The van der Waals surface area contributed by atoms with Gasteiger partial charge >= 0.3 is 0 Å². The number of amides is 1. The van der Waals surface area contributed by atoms with E-state index < -0.39 is 15.7 Å². The molecule has 2 aliphatic heterocycles. The second-order valence-corrected chi connectivity index (χ2v) is 9.38. The lowest BCUT2D eigenvalue weighted by atomic mass is 10.1. The highest BCUT2D eigenvalue weighted by molar-refractivity contribution is 7.97. The molecule has 30 heavy (non-hydrogen) atoms. The summed E-state index contributed by atoms with van der Waals surface area (Å²) in [5.41, 5.74) is 4.74. The van der Waals surface area contributed by atoms with E-state index in [0.29, 0.717) is 23.5 Å². The molecule has 1 N–H and O–H groups in total. The normalized spacial score (nSPS) is 16.4. The second-order valence-electron chi connectivity index (χ2n) is 7.53. The maximum absolute atomic E-state index is 13.4. The molecule has 0 unspecified atom stereocenters. The average molecular weight is 417 g/mol. The van der Waals surface area contributed by atoms with Gasteiger partial charge in [-0.15, -0.1) is 0 Å². The number of nitrogens with one attached hydrogen (secondary N) is 1. The number of sulfone groups is 1. The lowest BCUT2D eigenvalue weighted by Crippen LogP contribution is -2.25. The first-order chi connectivity index (χ1) is 14.5. The number of carbonyl (C=O) groups excluding carboxylic acids is 1. The lowest BCUT2D eigenvalue weighted by molar-refractivity contribution is -0.112. The Balaban J connectivity index is 1.67. The van der Waals surface area contributed by atoms with Crippen LogP contribution in [0.25, 0.3) is 5.70 Å². The number of anilines is 2. The smallest absolute Gasteiger partial charge is 0.269 e. The van der Waals surface area contributed by atoms with Gasteiger partial charge in [0.15, 0.2) is 4.91 Å². The summed E-state index contributed by atoms with van der Waals surface area (Å²) < 4.78 is 26.8. The summed E-state index contributed by atoms with van der Waals surface area (Å²) in [4.78, 5) is 15.2. The maximum atomic E-state index is 13.4. The van der Waals surface area contributed by atoms with Crippen molar-refractivity contribution in [2.75, 3.05) is 16.8 Å². The van der Waals surface area contributed by atoms with Crippen LogP contribution in [0.3, 0.4) is 0 Å². The van der Waals surface area contributed by atoms with Crippen molar-refractivity contribution < 1.29 is 13.2 Å². The van der Waals surface area contributed by atoms with Gasteiger partial charge in [-0.3, -0.25) is 4.79 Å². The molecule has 0 aromatic heterocycles. The highest BCUT2D eigenvalue weighted by Crippen LogP contribution is 2.45. The van der Waals surface area contributed by atoms with E-state index >= 15 is 0 Å². The van der Waals surface area contributed by atoms with Crippen molar-refractivity contribution in [3.05, 3.63) is 94.4 Å². The molecule has 0 saturated heterocycles. The number of nitrogens with zero attached hydrogens (tertiary/aromatic N) is 1. The first-order valence-electron chi connectivity index (χ1n) is 9.79. The maximum Gasteiger partial charge on any atom is 0.269 e. The van der Waals surface area contributed by atoms with E-state index in [0.717, 1.165) is 23.2 Å². The van der Waals surface area contributed by atoms with Gasteiger partial charge in [-0.1, -0.05) is 54.1 Å². The van der Waals surface area contributed by atoms with E-state index in [4.69, 9.17) is 0 Å². The molecule has 0 aliphatic carbocycles. The van der Waals surface area contributed by atoms with E-state index in [-0.39, 0.29) is 9.80 Å². The minimum absolute atomic E-state index is 0.179. The van der Waals surface area contributed by atoms with Crippen LogP contribution in [0.4, 0.5) is 11.4 Å². The monoisotopic (exact) mass is 416 g/mol. The zero-order valence-electron chi connectivity index (χ0n) is 16.4. The lowest BCUT2D eigenvalue weighted by Gasteiger charge is -2.22. The van der Waals surface area contributed by atoms with Crippen LogP contribution >= 0.6 is 0 Å². The summed E-state index contributed by atoms with van der Waals surface area (Å²) >= 11 is 0. The predicted molar refractivity (Wildman–Crippen MR) is 118 cm³/mol. The van der Waals surface area contributed by atoms with E-state index in [9.17, 15) is 13.2 Å². The summed E-state index contributed by atoms with van der Waals surface area (Å²) in [7, 11) is -3.94. The zero-order chi connectivity index (χ0) is 20.9. The number of para-hydroxylation sites is 1. The molecule has 0 spiro atoms. The fourth-order valence-electron chi connectivity index (χ4n) is 4.15. The van der Waals surface area contributed by atoms with Crippen LogP contribution < -0.4 is 10.2 Å². The van der Waals surface area contributed by atoms with Crippen LogP contribution in [0, 0.1) is 6.92 Å². The van der Waals surface area contributed by atoms with Gasteiger partial charge in [0.05, 0.1) is 10.6 Å². The third kappa shape index (κ3) is 2.83. The topological polar surface area (TPSA) is 66.5 Å². The van der Waals surface area contributed by atoms with Gasteiger partial charge < -0.3 is 10.2 Å². The van der Waals surface area contributed by atoms with Gasteiger partial charge in [-0.05, 0) is 43.2 Å². The average Bonchev–Trinajstić information content (AvgIpc) is 3.26. The quantitative estimate of drug-likeness (QED) is 0.697. The Kier molecular flexibility index (Phi) is 4.25. The van der Waals surface area contributed by atoms with Gasteiger partial charge in [0.1, 0.15) is 0 Å². The molecule has 2 heterocycles. The number of benzene rings is 3. The number of rotatable bonds is 3. The Bertz CT molecular complexity index is 1310. The van der Waals surface area contributed by atoms with Crippen molar-refractivity contribution in [3.63, 3.8) is 0 Å². The first-order valence-corrected chi connectivity index (χ1v) is 11.3. The molecule has 150 valence electrons. The van der Waals surface area contributed by atoms with Crippen LogP contribution in [0.5, 0.6) is 0 Å². The fourth-order valence-corrected chi connectivity index (χ4v) is 5.85. The molecule has 0 radical (unpaired) electrons. The highest BCUT2D eigenvalue weighted by Gasteiger charge is 2.43. The Morgan fingerprint density at radius 3 is 2.43 bits per heavy atom. The standard InChI is InChI=1S/C24H20N2O3S/c1-16-10-12-18(13-11-16)25-24(27)23-22(19-7-3-5-9-21(19)30(23,28)29)26-15-14-17-6-2-4-8-20(17)26/h2-13H,14-15H2,1H3,(H,25,27). The Hall–Kier alpha value is -3.38. The second kappa shape index (κ2) is 6.85. The first kappa shape index (κ1) is 18.6. The molecular weight excluding hydrogens is 396 g/mol. The third-order valence-corrected chi connectivity index (χ3v) is 7.44. The molecule has 5 nitrogen and oxygen atoms in total. The molecule has 0 fully saturated rings. The number of fused-ring (bicyclic) bond motifs is 2. The molecule has 0 atom stereocenters. The van der Waals surface area contributed by atoms with Gasteiger partial charge in [0.25, 0.3) is 5.91 Å². The molecular formula is C24H20N2O3S. The Labute approximate surface area is 175 Å². The summed E-state index contributed by atoms with van der Waals surface area (Å²) in [5, 5.41) is 2.78. The van der Waals surface area contributed by atoms with Crippen molar-refractivity contribution >= 4 is 32.8 Å². The molecule has 0 saturated carbocycles. The van der Waals surface area contributed by atoms with Crippen molar-refractivity contribution in [3.8, 4) is 0 Å². The molecule has 3 aromatic rings. The minimum Gasteiger partial charge on any atom is -0.339 e. The zero-order valence-corrected chi connectivity index (χ0v) is 17.2. The fraction of sp³-hybridized carbons (Fsp3) is 0.125. The summed E-state index contributed by atoms with van der Waals surface area (Å²) in [5.74, 6) is -0.616. The molecule has 3 aromatic carbocycles. The largest absolute Gasteiger partial charge is 0.339 e. The Morgan fingerprint density at radius 2 is 1.63 bits per heavy atom. The Morgan fingerprint density at radius 1 is 0.933 bits per heavy atom. The predicted octanol–water partition coefficient (Wildman–Crippen LogP) is 4.15. The SMILES string of the molecule is Cc1ccc(NC(=O)C2=C(N3CCc4ccccc43)c3ccccc3S2(=O)=O)cc1. The third-order valence-electron chi connectivity index (χ3n) is 5.59. The van der Waals surface area contributed by atoms with Gasteiger partial charge in [-0.2, -0.15) is 0 Å². The van der Waals surface area contributed by atoms with E-state index in [1.54, 1.807) is 36.4 Å². The molecule has 0 bridgehead atoms. The molecule has 2 aliphatic rings. The van der Waals surface area contributed by atoms with Crippen molar-refractivity contribution in [2.45, 2.75) is 18.2 Å². The minimum atomic E-state index is -3.94. The van der Waals surface area contributed by atoms with Gasteiger partial charge in [0, 0.05) is 23.5 Å².